The summed E-state index contributed by atoms with van der Waals surface area (Å²) in [5, 5.41) is 7.02. The van der Waals surface area contributed by atoms with Crippen LogP contribution in [0.4, 0.5) is 0 Å². The molecule has 0 aromatic rings. The first-order valence-electron chi connectivity index (χ1n) is 8.40. The summed E-state index contributed by atoms with van der Waals surface area (Å²) >= 11 is 0. The largest absolute Gasteiger partial charge is 0.356 e. The van der Waals surface area contributed by atoms with Crippen molar-refractivity contribution in [3.05, 3.63) is 0 Å². The average Bonchev–Trinajstić information content (AvgIpc) is 3.07. The fourth-order valence-electron chi connectivity index (χ4n) is 3.37. The van der Waals surface area contributed by atoms with E-state index in [1.807, 2.05) is 7.05 Å². The lowest BCUT2D eigenvalue weighted by Gasteiger charge is -2.24. The summed E-state index contributed by atoms with van der Waals surface area (Å²) in [6.45, 7) is 7.97. The van der Waals surface area contributed by atoms with Crippen molar-refractivity contribution in [1.82, 2.24) is 15.5 Å². The number of guanidine groups is 1. The molecule has 0 bridgehead atoms. The number of nitrogens with one attached hydrogen (secondary N) is 2. The van der Waals surface area contributed by atoms with Gasteiger partial charge in [-0.3, -0.25) is 9.89 Å². The van der Waals surface area contributed by atoms with E-state index in [2.05, 4.69) is 34.4 Å². The summed E-state index contributed by atoms with van der Waals surface area (Å²) in [4.78, 5) is 7.03. The number of likely N-dealkylation sites (tertiary alicyclic amines) is 1. The molecule has 1 aliphatic heterocycles. The Morgan fingerprint density at radius 3 is 2.57 bits per heavy atom. The van der Waals surface area contributed by atoms with Gasteiger partial charge in [0, 0.05) is 38.8 Å². The molecule has 0 radical (unpaired) electrons. The molecule has 1 atom stereocenters. The smallest absolute Gasteiger partial charge is 0.191 e. The standard InChI is InChI=1S/C16H32N4.HI/c1-13(2)8-10-18-16(17-3)19-14-9-11-20(12-14)15-6-4-5-7-15;/h13-15H,4-12H2,1-3H3,(H2,17,18,19);1H. The van der Waals surface area contributed by atoms with Crippen molar-refractivity contribution < 1.29 is 0 Å². The first-order chi connectivity index (χ1) is 9.69. The third-order valence-corrected chi connectivity index (χ3v) is 4.64. The highest BCUT2D eigenvalue weighted by atomic mass is 127. The minimum absolute atomic E-state index is 0. The molecular weight excluding hydrogens is 375 g/mol. The zero-order chi connectivity index (χ0) is 14.4. The van der Waals surface area contributed by atoms with Crippen LogP contribution in [0.3, 0.4) is 0 Å². The minimum atomic E-state index is 0. The third kappa shape index (κ3) is 6.30. The molecule has 2 aliphatic rings. The predicted octanol–water partition coefficient (Wildman–Crippen LogP) is 2.83. The minimum Gasteiger partial charge on any atom is -0.356 e. The first-order valence-corrected chi connectivity index (χ1v) is 8.40. The van der Waals surface area contributed by atoms with Crippen LogP contribution in [0.25, 0.3) is 0 Å². The molecule has 1 heterocycles. The lowest BCUT2D eigenvalue weighted by atomic mass is 10.1. The van der Waals surface area contributed by atoms with E-state index in [0.717, 1.165) is 24.5 Å². The molecule has 1 aliphatic carbocycles. The second-order valence-corrected chi connectivity index (χ2v) is 6.74. The molecule has 0 aromatic heterocycles. The molecule has 5 heteroatoms. The maximum atomic E-state index is 4.35. The lowest BCUT2D eigenvalue weighted by Crippen LogP contribution is -2.45. The van der Waals surface area contributed by atoms with Gasteiger partial charge in [0.25, 0.3) is 0 Å². The van der Waals surface area contributed by atoms with Crippen molar-refractivity contribution in [2.75, 3.05) is 26.7 Å². The molecule has 21 heavy (non-hydrogen) atoms. The Labute approximate surface area is 147 Å². The third-order valence-electron chi connectivity index (χ3n) is 4.64. The molecule has 4 nitrogen and oxygen atoms in total. The average molecular weight is 408 g/mol. The molecule has 1 saturated heterocycles. The molecule has 124 valence electrons. The number of hydrogen-bond donors (Lipinski definition) is 2. The molecule has 2 N–H and O–H groups in total. The Kier molecular flexibility index (Phi) is 8.94. The Balaban J connectivity index is 0.00000220. The van der Waals surface area contributed by atoms with Gasteiger partial charge < -0.3 is 10.6 Å². The maximum Gasteiger partial charge on any atom is 0.191 e. The van der Waals surface area contributed by atoms with Crippen molar-refractivity contribution in [3.63, 3.8) is 0 Å². The Hall–Kier alpha value is -0.0400. The van der Waals surface area contributed by atoms with Crippen molar-refractivity contribution >= 4 is 29.9 Å². The van der Waals surface area contributed by atoms with Crippen LogP contribution in [0.1, 0.15) is 52.4 Å². The maximum absolute atomic E-state index is 4.35. The topological polar surface area (TPSA) is 39.7 Å². The van der Waals surface area contributed by atoms with Gasteiger partial charge in [-0.05, 0) is 31.6 Å². The summed E-state index contributed by atoms with van der Waals surface area (Å²) in [7, 11) is 1.87. The van der Waals surface area contributed by atoms with Gasteiger partial charge in [0.1, 0.15) is 0 Å². The Bertz CT molecular complexity index is 313. The van der Waals surface area contributed by atoms with E-state index >= 15 is 0 Å². The molecule has 1 saturated carbocycles. The predicted molar refractivity (Wildman–Crippen MR) is 102 cm³/mol. The van der Waals surface area contributed by atoms with Gasteiger partial charge in [0.05, 0.1) is 0 Å². The van der Waals surface area contributed by atoms with Crippen molar-refractivity contribution in [3.8, 4) is 0 Å². The SMILES string of the molecule is CN=C(NCCC(C)C)NC1CCN(C2CCCC2)C1.I. The van der Waals surface area contributed by atoms with Gasteiger partial charge in [0.15, 0.2) is 5.96 Å². The van der Waals surface area contributed by atoms with E-state index in [4.69, 9.17) is 0 Å². The normalized spacial score (nSPS) is 24.4. The number of aliphatic imine (C=N–C) groups is 1. The zero-order valence-corrected chi connectivity index (χ0v) is 16.2. The second kappa shape index (κ2) is 9.87. The van der Waals surface area contributed by atoms with Gasteiger partial charge >= 0.3 is 0 Å². The number of hydrogen-bond acceptors (Lipinski definition) is 2. The molecule has 0 spiro atoms. The highest BCUT2D eigenvalue weighted by molar-refractivity contribution is 14.0. The monoisotopic (exact) mass is 408 g/mol. The van der Waals surface area contributed by atoms with E-state index in [1.54, 1.807) is 0 Å². The summed E-state index contributed by atoms with van der Waals surface area (Å²) in [5.41, 5.74) is 0. The number of halogens is 1. The summed E-state index contributed by atoms with van der Waals surface area (Å²) in [5.74, 6) is 1.72. The first kappa shape index (κ1) is 19.0. The van der Waals surface area contributed by atoms with Gasteiger partial charge in [0.2, 0.25) is 0 Å². The van der Waals surface area contributed by atoms with Crippen LogP contribution in [-0.2, 0) is 0 Å². The summed E-state index contributed by atoms with van der Waals surface area (Å²) in [6.07, 6.45) is 8.12. The van der Waals surface area contributed by atoms with E-state index in [0.29, 0.717) is 6.04 Å². The van der Waals surface area contributed by atoms with E-state index in [9.17, 15) is 0 Å². The van der Waals surface area contributed by atoms with Crippen LogP contribution in [-0.4, -0.2) is 49.6 Å². The highest BCUT2D eigenvalue weighted by Crippen LogP contribution is 2.26. The van der Waals surface area contributed by atoms with Crippen LogP contribution in [0, 0.1) is 5.92 Å². The van der Waals surface area contributed by atoms with E-state index in [-0.39, 0.29) is 24.0 Å². The molecular formula is C16H33IN4. The van der Waals surface area contributed by atoms with Crippen molar-refractivity contribution in [2.24, 2.45) is 10.9 Å². The number of rotatable bonds is 5. The lowest BCUT2D eigenvalue weighted by molar-refractivity contribution is 0.242. The van der Waals surface area contributed by atoms with Crippen molar-refractivity contribution in [1.29, 1.82) is 0 Å². The van der Waals surface area contributed by atoms with Crippen molar-refractivity contribution in [2.45, 2.75) is 64.5 Å². The fourth-order valence-corrected chi connectivity index (χ4v) is 3.37. The zero-order valence-electron chi connectivity index (χ0n) is 13.9. The molecule has 2 fully saturated rings. The van der Waals surface area contributed by atoms with Gasteiger partial charge in [-0.1, -0.05) is 26.7 Å². The van der Waals surface area contributed by atoms with Gasteiger partial charge in [-0.15, -0.1) is 24.0 Å². The molecule has 1 unspecified atom stereocenters. The van der Waals surface area contributed by atoms with Gasteiger partial charge in [-0.25, -0.2) is 0 Å². The Morgan fingerprint density at radius 2 is 1.95 bits per heavy atom. The van der Waals surface area contributed by atoms with Crippen LogP contribution < -0.4 is 10.6 Å². The van der Waals surface area contributed by atoms with Gasteiger partial charge in [-0.2, -0.15) is 0 Å². The molecule has 0 aromatic carbocycles. The van der Waals surface area contributed by atoms with Crippen LogP contribution in [0.15, 0.2) is 4.99 Å². The van der Waals surface area contributed by atoms with Crippen LogP contribution >= 0.6 is 24.0 Å². The molecule has 0 amide bonds. The fraction of sp³-hybridized carbons (Fsp3) is 0.938. The van der Waals surface area contributed by atoms with Crippen LogP contribution in [0.2, 0.25) is 0 Å². The second-order valence-electron chi connectivity index (χ2n) is 6.74. The van der Waals surface area contributed by atoms with Crippen LogP contribution in [0.5, 0.6) is 0 Å². The van der Waals surface area contributed by atoms with E-state index in [1.165, 1.54) is 51.6 Å². The summed E-state index contributed by atoms with van der Waals surface area (Å²) in [6, 6.07) is 1.43. The summed E-state index contributed by atoms with van der Waals surface area (Å²) < 4.78 is 0. The molecule has 2 rings (SSSR count). The number of nitrogens with zero attached hydrogens (tertiary/aromatic N) is 2. The van der Waals surface area contributed by atoms with E-state index < -0.39 is 0 Å². The Morgan fingerprint density at radius 1 is 1.24 bits per heavy atom. The highest BCUT2D eigenvalue weighted by Gasteiger charge is 2.30. The quantitative estimate of drug-likeness (QED) is 0.418.